The molecule has 0 bridgehead atoms. The van der Waals surface area contributed by atoms with Crippen molar-refractivity contribution in [1.82, 2.24) is 5.32 Å². The maximum Gasteiger partial charge on any atom is 0.0412 e. The van der Waals surface area contributed by atoms with Crippen LogP contribution in [0.25, 0.3) is 0 Å². The number of benzene rings is 1. The second-order valence-electron chi connectivity index (χ2n) is 6.73. The first-order chi connectivity index (χ1) is 9.49. The second-order valence-corrected chi connectivity index (χ2v) is 6.73. The number of hydrogen-bond donors (Lipinski definition) is 1. The largest absolute Gasteiger partial charge is 0.365 e. The minimum Gasteiger partial charge on any atom is -0.365 e. The van der Waals surface area contributed by atoms with Gasteiger partial charge in [-0.25, -0.2) is 0 Å². The Morgan fingerprint density at radius 1 is 1.35 bits per heavy atom. The number of hydrogen-bond acceptors (Lipinski definition) is 2. The first-order valence-electron chi connectivity index (χ1n) is 8.10. The fourth-order valence-corrected chi connectivity index (χ4v) is 3.00. The molecule has 1 aromatic rings. The molecule has 2 atom stereocenters. The van der Waals surface area contributed by atoms with Crippen LogP contribution >= 0.6 is 0 Å². The third-order valence-electron chi connectivity index (χ3n) is 4.84. The molecule has 0 aromatic heterocycles. The van der Waals surface area contributed by atoms with Crippen molar-refractivity contribution >= 4 is 5.69 Å². The summed E-state index contributed by atoms with van der Waals surface area (Å²) in [6.07, 6.45) is 2.36. The predicted molar refractivity (Wildman–Crippen MR) is 88.7 cm³/mol. The Balaban J connectivity index is 2.29. The van der Waals surface area contributed by atoms with Gasteiger partial charge in [0.25, 0.3) is 0 Å². The van der Waals surface area contributed by atoms with E-state index in [1.165, 1.54) is 24.1 Å². The molecule has 1 aromatic carbocycles. The lowest BCUT2D eigenvalue weighted by Crippen LogP contribution is -2.62. The first-order valence-corrected chi connectivity index (χ1v) is 8.10. The summed E-state index contributed by atoms with van der Waals surface area (Å²) in [5, 5.41) is 3.74. The maximum atomic E-state index is 3.74. The average molecular weight is 274 g/mol. The lowest BCUT2D eigenvalue weighted by atomic mass is 9.92. The first kappa shape index (κ1) is 15.4. The Morgan fingerprint density at radius 2 is 2.10 bits per heavy atom. The standard InChI is InChI=1S/C18H30N2/c1-6-16-12-19-18(5,7-2)13-20(16)17-10-8-9-15(11-17)14(3)4/h8-11,14,16,19H,6-7,12-13H2,1-5H3. The quantitative estimate of drug-likeness (QED) is 0.886. The van der Waals surface area contributed by atoms with E-state index in [1.54, 1.807) is 0 Å². The van der Waals surface area contributed by atoms with E-state index in [-0.39, 0.29) is 5.54 Å². The normalized spacial score (nSPS) is 27.1. The van der Waals surface area contributed by atoms with Crippen molar-refractivity contribution in [2.45, 2.75) is 65.0 Å². The monoisotopic (exact) mass is 274 g/mol. The molecular formula is C18H30N2. The Hall–Kier alpha value is -1.02. The minimum absolute atomic E-state index is 0.236. The van der Waals surface area contributed by atoms with E-state index < -0.39 is 0 Å². The summed E-state index contributed by atoms with van der Waals surface area (Å²) in [5.41, 5.74) is 3.07. The summed E-state index contributed by atoms with van der Waals surface area (Å²) in [5.74, 6) is 0.593. The van der Waals surface area contributed by atoms with Crippen molar-refractivity contribution in [2.75, 3.05) is 18.0 Å². The van der Waals surface area contributed by atoms with Crippen molar-refractivity contribution in [2.24, 2.45) is 0 Å². The number of nitrogens with one attached hydrogen (secondary N) is 1. The molecule has 1 fully saturated rings. The zero-order valence-corrected chi connectivity index (χ0v) is 13.7. The molecule has 1 N–H and O–H groups in total. The van der Waals surface area contributed by atoms with E-state index >= 15 is 0 Å². The molecule has 1 aliphatic heterocycles. The third kappa shape index (κ3) is 3.17. The maximum absolute atomic E-state index is 3.74. The van der Waals surface area contributed by atoms with Crippen LogP contribution in [0, 0.1) is 0 Å². The predicted octanol–water partition coefficient (Wildman–Crippen LogP) is 4.17. The average Bonchev–Trinajstić information content (AvgIpc) is 2.47. The SMILES string of the molecule is CCC1CNC(C)(CC)CN1c1cccc(C(C)C)c1. The number of nitrogens with zero attached hydrogens (tertiary/aromatic N) is 1. The lowest BCUT2D eigenvalue weighted by molar-refractivity contribution is 0.276. The Morgan fingerprint density at radius 3 is 2.70 bits per heavy atom. The van der Waals surface area contributed by atoms with Crippen LogP contribution in [0.15, 0.2) is 24.3 Å². The summed E-state index contributed by atoms with van der Waals surface area (Å²) in [4.78, 5) is 2.62. The minimum atomic E-state index is 0.236. The smallest absolute Gasteiger partial charge is 0.0412 e. The van der Waals surface area contributed by atoms with Crippen molar-refractivity contribution in [3.05, 3.63) is 29.8 Å². The van der Waals surface area contributed by atoms with Crippen LogP contribution in [0.1, 0.15) is 58.9 Å². The zero-order valence-electron chi connectivity index (χ0n) is 13.7. The molecule has 2 unspecified atom stereocenters. The van der Waals surface area contributed by atoms with Crippen molar-refractivity contribution in [3.63, 3.8) is 0 Å². The molecule has 20 heavy (non-hydrogen) atoms. The van der Waals surface area contributed by atoms with E-state index in [0.717, 1.165) is 13.1 Å². The molecule has 2 rings (SSSR count). The van der Waals surface area contributed by atoms with Crippen molar-refractivity contribution in [3.8, 4) is 0 Å². The van der Waals surface area contributed by atoms with Gasteiger partial charge in [0, 0.05) is 30.4 Å². The number of piperazine rings is 1. The van der Waals surface area contributed by atoms with Crippen LogP contribution in [-0.2, 0) is 0 Å². The molecule has 2 heteroatoms. The van der Waals surface area contributed by atoms with E-state index in [4.69, 9.17) is 0 Å². The van der Waals surface area contributed by atoms with Crippen LogP contribution < -0.4 is 10.2 Å². The van der Waals surface area contributed by atoms with Gasteiger partial charge in [0.05, 0.1) is 0 Å². The molecule has 0 aliphatic carbocycles. The molecule has 1 saturated heterocycles. The number of rotatable bonds is 4. The Labute approximate surface area is 124 Å². The molecule has 0 spiro atoms. The van der Waals surface area contributed by atoms with Crippen LogP contribution in [0.4, 0.5) is 5.69 Å². The Bertz CT molecular complexity index is 441. The summed E-state index contributed by atoms with van der Waals surface area (Å²) < 4.78 is 0. The highest BCUT2D eigenvalue weighted by Gasteiger charge is 2.33. The third-order valence-corrected chi connectivity index (χ3v) is 4.84. The molecule has 1 heterocycles. The van der Waals surface area contributed by atoms with Crippen LogP contribution in [0.3, 0.4) is 0 Å². The van der Waals surface area contributed by atoms with Crippen LogP contribution in [-0.4, -0.2) is 24.7 Å². The lowest BCUT2D eigenvalue weighted by Gasteiger charge is -2.47. The molecule has 1 aliphatic rings. The summed E-state index contributed by atoms with van der Waals surface area (Å²) >= 11 is 0. The van der Waals surface area contributed by atoms with Gasteiger partial charge in [-0.3, -0.25) is 0 Å². The molecule has 0 radical (unpaired) electrons. The molecule has 0 saturated carbocycles. The van der Waals surface area contributed by atoms with Gasteiger partial charge < -0.3 is 10.2 Å². The van der Waals surface area contributed by atoms with Crippen LogP contribution in [0.2, 0.25) is 0 Å². The summed E-state index contributed by atoms with van der Waals surface area (Å²) in [6.45, 7) is 13.6. The van der Waals surface area contributed by atoms with Crippen molar-refractivity contribution in [1.29, 1.82) is 0 Å². The van der Waals surface area contributed by atoms with Gasteiger partial charge in [-0.1, -0.05) is 39.8 Å². The molecule has 112 valence electrons. The fourth-order valence-electron chi connectivity index (χ4n) is 3.00. The zero-order chi connectivity index (χ0) is 14.8. The topological polar surface area (TPSA) is 15.3 Å². The van der Waals surface area contributed by atoms with E-state index in [9.17, 15) is 0 Å². The van der Waals surface area contributed by atoms with Gasteiger partial charge in [0.1, 0.15) is 0 Å². The fraction of sp³-hybridized carbons (Fsp3) is 0.667. The van der Waals surface area contributed by atoms with E-state index in [1.807, 2.05) is 0 Å². The van der Waals surface area contributed by atoms with E-state index in [2.05, 4.69) is 69.1 Å². The van der Waals surface area contributed by atoms with Gasteiger partial charge in [-0.2, -0.15) is 0 Å². The van der Waals surface area contributed by atoms with Gasteiger partial charge in [0.2, 0.25) is 0 Å². The Kier molecular flexibility index (Phi) is 4.74. The van der Waals surface area contributed by atoms with Gasteiger partial charge >= 0.3 is 0 Å². The summed E-state index contributed by atoms with van der Waals surface area (Å²) in [7, 11) is 0. The second kappa shape index (κ2) is 6.17. The van der Waals surface area contributed by atoms with Crippen LogP contribution in [0.5, 0.6) is 0 Å². The summed E-state index contributed by atoms with van der Waals surface area (Å²) in [6, 6.07) is 9.72. The highest BCUT2D eigenvalue weighted by Crippen LogP contribution is 2.28. The van der Waals surface area contributed by atoms with Gasteiger partial charge in [-0.05, 0) is 43.4 Å². The van der Waals surface area contributed by atoms with Crippen molar-refractivity contribution < 1.29 is 0 Å². The molecular weight excluding hydrogens is 244 g/mol. The van der Waals surface area contributed by atoms with E-state index in [0.29, 0.717) is 12.0 Å². The highest BCUT2D eigenvalue weighted by molar-refractivity contribution is 5.51. The van der Waals surface area contributed by atoms with Gasteiger partial charge in [0.15, 0.2) is 0 Å². The molecule has 2 nitrogen and oxygen atoms in total. The molecule has 0 amide bonds. The highest BCUT2D eigenvalue weighted by atomic mass is 15.3. The number of anilines is 1. The van der Waals surface area contributed by atoms with Gasteiger partial charge in [-0.15, -0.1) is 0 Å².